The summed E-state index contributed by atoms with van der Waals surface area (Å²) in [6, 6.07) is 15.6. The summed E-state index contributed by atoms with van der Waals surface area (Å²) in [4.78, 5) is 12.0. The molecule has 0 spiro atoms. The van der Waals surface area contributed by atoms with E-state index in [1.807, 2.05) is 59.4 Å². The van der Waals surface area contributed by atoms with Crippen LogP contribution < -0.4 is 5.32 Å². The number of hydrogen-bond donors (Lipinski definition) is 1. The van der Waals surface area contributed by atoms with E-state index < -0.39 is 5.92 Å². The summed E-state index contributed by atoms with van der Waals surface area (Å²) >= 11 is 0. The summed E-state index contributed by atoms with van der Waals surface area (Å²) in [5.41, 5.74) is 1.000. The monoisotopic (exact) mass is 267 g/mol. The highest BCUT2D eigenvalue weighted by molar-refractivity contribution is 5.81. The molecule has 4 heteroatoms. The topological polar surface area (TPSA) is 57.8 Å². The van der Waals surface area contributed by atoms with E-state index in [9.17, 15) is 4.79 Å². The van der Waals surface area contributed by atoms with Crippen LogP contribution in [0, 0.1) is 17.2 Å². The molecule has 0 radical (unpaired) electrons. The fourth-order valence-corrected chi connectivity index (χ4v) is 2.00. The van der Waals surface area contributed by atoms with E-state index in [2.05, 4.69) is 11.4 Å². The van der Waals surface area contributed by atoms with Gasteiger partial charge in [-0.05, 0) is 24.1 Å². The van der Waals surface area contributed by atoms with E-state index in [-0.39, 0.29) is 5.91 Å². The summed E-state index contributed by atoms with van der Waals surface area (Å²) in [7, 11) is 0. The number of hydrogen-bond acceptors (Lipinski definition) is 2. The van der Waals surface area contributed by atoms with Gasteiger partial charge in [0.1, 0.15) is 5.92 Å². The molecule has 0 aliphatic heterocycles. The van der Waals surface area contributed by atoms with Crippen molar-refractivity contribution in [1.82, 2.24) is 9.88 Å². The van der Waals surface area contributed by atoms with E-state index in [0.717, 1.165) is 5.56 Å². The fourth-order valence-electron chi connectivity index (χ4n) is 2.00. The minimum atomic E-state index is -0.637. The Morgan fingerprint density at radius 2 is 1.90 bits per heavy atom. The molecule has 0 saturated heterocycles. The summed E-state index contributed by atoms with van der Waals surface area (Å²) in [5.74, 6) is -0.842. The average Bonchev–Trinajstić information content (AvgIpc) is 2.99. The average molecular weight is 267 g/mol. The molecular weight excluding hydrogens is 250 g/mol. The maximum atomic E-state index is 12.0. The van der Waals surface area contributed by atoms with Gasteiger partial charge in [-0.3, -0.25) is 4.79 Å². The zero-order valence-corrected chi connectivity index (χ0v) is 11.2. The lowest BCUT2D eigenvalue weighted by Gasteiger charge is -2.10. The molecule has 20 heavy (non-hydrogen) atoms. The summed E-state index contributed by atoms with van der Waals surface area (Å²) in [5, 5.41) is 11.9. The number of carbonyl (C=O) groups is 1. The van der Waals surface area contributed by atoms with Crippen molar-refractivity contribution in [2.24, 2.45) is 5.92 Å². The highest BCUT2D eigenvalue weighted by Gasteiger charge is 2.17. The van der Waals surface area contributed by atoms with Crippen LogP contribution in [-0.4, -0.2) is 17.0 Å². The molecular formula is C16H17N3O. The second-order valence-corrected chi connectivity index (χ2v) is 4.58. The number of amides is 1. The SMILES string of the molecule is N#CC(Cc1ccccc1)C(=O)NCCn1cccc1. The Labute approximate surface area is 118 Å². The van der Waals surface area contributed by atoms with Crippen molar-refractivity contribution < 1.29 is 4.79 Å². The van der Waals surface area contributed by atoms with Crippen LogP contribution in [0.15, 0.2) is 54.9 Å². The third-order valence-corrected chi connectivity index (χ3v) is 3.09. The highest BCUT2D eigenvalue weighted by Crippen LogP contribution is 2.08. The molecule has 2 aromatic rings. The van der Waals surface area contributed by atoms with Crippen molar-refractivity contribution in [2.75, 3.05) is 6.54 Å². The van der Waals surface area contributed by atoms with Crippen LogP contribution in [0.2, 0.25) is 0 Å². The predicted molar refractivity (Wildman–Crippen MR) is 76.7 cm³/mol. The zero-order valence-electron chi connectivity index (χ0n) is 11.2. The van der Waals surface area contributed by atoms with E-state index in [1.165, 1.54) is 0 Å². The Kier molecular flexibility index (Phi) is 4.96. The number of carbonyl (C=O) groups excluding carboxylic acids is 1. The van der Waals surface area contributed by atoms with Crippen LogP contribution in [-0.2, 0) is 17.8 Å². The van der Waals surface area contributed by atoms with Gasteiger partial charge in [-0.2, -0.15) is 5.26 Å². The quantitative estimate of drug-likeness (QED) is 0.870. The molecule has 2 rings (SSSR count). The molecule has 0 saturated carbocycles. The van der Waals surface area contributed by atoms with Crippen molar-refractivity contribution in [3.05, 3.63) is 60.4 Å². The zero-order chi connectivity index (χ0) is 14.2. The maximum Gasteiger partial charge on any atom is 0.237 e. The molecule has 4 nitrogen and oxygen atoms in total. The van der Waals surface area contributed by atoms with Gasteiger partial charge in [0.2, 0.25) is 5.91 Å². The smallest absolute Gasteiger partial charge is 0.237 e. The molecule has 1 heterocycles. The van der Waals surface area contributed by atoms with Crippen molar-refractivity contribution in [3.8, 4) is 6.07 Å². The number of aromatic nitrogens is 1. The van der Waals surface area contributed by atoms with E-state index in [0.29, 0.717) is 19.5 Å². The molecule has 0 bridgehead atoms. The third-order valence-electron chi connectivity index (χ3n) is 3.09. The van der Waals surface area contributed by atoms with Crippen LogP contribution in [0.5, 0.6) is 0 Å². The van der Waals surface area contributed by atoms with Crippen LogP contribution in [0.3, 0.4) is 0 Å². The maximum absolute atomic E-state index is 12.0. The van der Waals surface area contributed by atoms with Gasteiger partial charge in [0.15, 0.2) is 0 Å². The van der Waals surface area contributed by atoms with Crippen LogP contribution >= 0.6 is 0 Å². The van der Waals surface area contributed by atoms with Crippen molar-refractivity contribution in [3.63, 3.8) is 0 Å². The van der Waals surface area contributed by atoms with Gasteiger partial charge >= 0.3 is 0 Å². The van der Waals surface area contributed by atoms with Gasteiger partial charge in [-0.1, -0.05) is 30.3 Å². The molecule has 1 N–H and O–H groups in total. The van der Waals surface area contributed by atoms with Crippen molar-refractivity contribution >= 4 is 5.91 Å². The molecule has 0 aliphatic carbocycles. The molecule has 102 valence electrons. The van der Waals surface area contributed by atoms with Gasteiger partial charge in [0, 0.05) is 25.5 Å². The first-order chi connectivity index (χ1) is 9.79. The number of nitrogens with one attached hydrogen (secondary N) is 1. The minimum Gasteiger partial charge on any atom is -0.353 e. The van der Waals surface area contributed by atoms with Crippen LogP contribution in [0.4, 0.5) is 0 Å². The van der Waals surface area contributed by atoms with E-state index >= 15 is 0 Å². The number of nitrogens with zero attached hydrogens (tertiary/aromatic N) is 2. The lowest BCUT2D eigenvalue weighted by molar-refractivity contribution is -0.123. The fraction of sp³-hybridized carbons (Fsp3) is 0.250. The van der Waals surface area contributed by atoms with Gasteiger partial charge in [-0.15, -0.1) is 0 Å². The van der Waals surface area contributed by atoms with Gasteiger partial charge in [0.05, 0.1) is 6.07 Å². The normalized spacial score (nSPS) is 11.6. The second kappa shape index (κ2) is 7.15. The largest absolute Gasteiger partial charge is 0.353 e. The standard InChI is InChI=1S/C16H17N3O/c17-13-15(12-14-6-2-1-3-7-14)16(20)18-8-11-19-9-4-5-10-19/h1-7,9-10,15H,8,11-12H2,(H,18,20). The molecule has 0 aliphatic rings. The number of benzene rings is 1. The molecule has 1 atom stereocenters. The third kappa shape index (κ3) is 3.99. The van der Waals surface area contributed by atoms with Crippen LogP contribution in [0.1, 0.15) is 5.56 Å². The summed E-state index contributed by atoms with van der Waals surface area (Å²) in [6.07, 6.45) is 4.34. The Hall–Kier alpha value is -2.54. The van der Waals surface area contributed by atoms with E-state index in [4.69, 9.17) is 5.26 Å². The van der Waals surface area contributed by atoms with Gasteiger partial charge in [0.25, 0.3) is 0 Å². The second-order valence-electron chi connectivity index (χ2n) is 4.58. The Morgan fingerprint density at radius 3 is 2.55 bits per heavy atom. The lowest BCUT2D eigenvalue weighted by Crippen LogP contribution is -2.33. The minimum absolute atomic E-state index is 0.205. The lowest BCUT2D eigenvalue weighted by atomic mass is 10.00. The summed E-state index contributed by atoms with van der Waals surface area (Å²) in [6.45, 7) is 1.24. The predicted octanol–water partition coefficient (Wildman–Crippen LogP) is 1.99. The molecule has 1 aromatic carbocycles. The van der Waals surface area contributed by atoms with E-state index in [1.54, 1.807) is 0 Å². The first kappa shape index (κ1) is 13.9. The number of nitriles is 1. The van der Waals surface area contributed by atoms with Crippen LogP contribution in [0.25, 0.3) is 0 Å². The Morgan fingerprint density at radius 1 is 1.20 bits per heavy atom. The van der Waals surface area contributed by atoms with Crippen molar-refractivity contribution in [2.45, 2.75) is 13.0 Å². The first-order valence-electron chi connectivity index (χ1n) is 6.61. The Balaban J connectivity index is 1.82. The van der Waals surface area contributed by atoms with Gasteiger partial charge < -0.3 is 9.88 Å². The molecule has 1 amide bonds. The Bertz CT molecular complexity index is 570. The number of rotatable bonds is 6. The van der Waals surface area contributed by atoms with Gasteiger partial charge in [-0.25, -0.2) is 0 Å². The molecule has 1 unspecified atom stereocenters. The molecule has 1 aromatic heterocycles. The molecule has 0 fully saturated rings. The summed E-state index contributed by atoms with van der Waals surface area (Å²) < 4.78 is 1.98. The van der Waals surface area contributed by atoms with Crippen molar-refractivity contribution in [1.29, 1.82) is 5.26 Å². The highest BCUT2D eigenvalue weighted by atomic mass is 16.1. The first-order valence-corrected chi connectivity index (χ1v) is 6.61.